The van der Waals surface area contributed by atoms with E-state index in [1.165, 1.54) is 0 Å². The van der Waals surface area contributed by atoms with Crippen molar-refractivity contribution in [2.75, 3.05) is 6.61 Å². The molecular weight excluding hydrogens is 248 g/mol. The minimum absolute atomic E-state index is 0.469. The average molecular weight is 266 g/mol. The van der Waals surface area contributed by atoms with Gasteiger partial charge in [0, 0.05) is 6.42 Å². The van der Waals surface area contributed by atoms with Crippen molar-refractivity contribution in [1.29, 1.82) is 5.26 Å². The van der Waals surface area contributed by atoms with E-state index in [0.717, 1.165) is 29.7 Å². The van der Waals surface area contributed by atoms with Gasteiger partial charge in [0.05, 0.1) is 12.8 Å². The Hall–Kier alpha value is -2.34. The third-order valence-corrected chi connectivity index (χ3v) is 3.05. The van der Waals surface area contributed by atoms with Crippen LogP contribution in [0.15, 0.2) is 42.6 Å². The normalized spacial score (nSPS) is 10.0. The lowest BCUT2D eigenvalue weighted by atomic mass is 10.0. The van der Waals surface area contributed by atoms with E-state index in [1.807, 2.05) is 36.4 Å². The van der Waals surface area contributed by atoms with Crippen LogP contribution in [0.1, 0.15) is 36.6 Å². The number of ether oxygens (including phenoxy) is 1. The van der Waals surface area contributed by atoms with Gasteiger partial charge in [0.25, 0.3) is 0 Å². The molecule has 0 fully saturated rings. The molecule has 0 aliphatic carbocycles. The molecule has 2 aromatic rings. The van der Waals surface area contributed by atoms with Gasteiger partial charge in [-0.05, 0) is 23.6 Å². The number of pyridine rings is 1. The summed E-state index contributed by atoms with van der Waals surface area (Å²) in [5.74, 6) is 0.739. The van der Waals surface area contributed by atoms with Crippen molar-refractivity contribution in [2.45, 2.75) is 26.2 Å². The van der Waals surface area contributed by atoms with Crippen molar-refractivity contribution in [1.82, 2.24) is 4.98 Å². The Labute approximate surface area is 119 Å². The number of hydrogen-bond acceptors (Lipinski definition) is 3. The monoisotopic (exact) mass is 266 g/mol. The van der Waals surface area contributed by atoms with Crippen LogP contribution < -0.4 is 4.74 Å². The highest BCUT2D eigenvalue weighted by atomic mass is 16.5. The van der Waals surface area contributed by atoms with Gasteiger partial charge in [-0.3, -0.25) is 0 Å². The van der Waals surface area contributed by atoms with E-state index in [0.29, 0.717) is 18.7 Å². The lowest BCUT2D eigenvalue weighted by Crippen LogP contribution is -2.01. The molecule has 0 aliphatic rings. The summed E-state index contributed by atoms with van der Waals surface area (Å²) < 4.78 is 5.65. The van der Waals surface area contributed by atoms with Gasteiger partial charge in [0.1, 0.15) is 17.5 Å². The summed E-state index contributed by atoms with van der Waals surface area (Å²) in [6.07, 6.45) is 4.44. The minimum atomic E-state index is 0.469. The highest BCUT2D eigenvalue weighted by molar-refractivity contribution is 5.39. The average Bonchev–Trinajstić information content (AvgIpc) is 2.49. The van der Waals surface area contributed by atoms with Crippen molar-refractivity contribution in [3.63, 3.8) is 0 Å². The Morgan fingerprint density at radius 1 is 1.25 bits per heavy atom. The maximum Gasteiger partial charge on any atom is 0.144 e. The van der Waals surface area contributed by atoms with Gasteiger partial charge in [0.2, 0.25) is 0 Å². The van der Waals surface area contributed by atoms with Crippen LogP contribution in [-0.2, 0) is 6.42 Å². The molecule has 0 unspecified atom stereocenters. The largest absolute Gasteiger partial charge is 0.492 e. The molecule has 3 nitrogen and oxygen atoms in total. The second kappa shape index (κ2) is 7.30. The molecule has 1 heterocycles. The van der Waals surface area contributed by atoms with Crippen LogP contribution in [0.3, 0.4) is 0 Å². The predicted molar refractivity (Wildman–Crippen MR) is 78.6 cm³/mol. The molecule has 102 valence electrons. The van der Waals surface area contributed by atoms with Crippen molar-refractivity contribution in [3.05, 3.63) is 59.4 Å². The third-order valence-electron chi connectivity index (χ3n) is 3.05. The van der Waals surface area contributed by atoms with E-state index in [1.54, 1.807) is 6.20 Å². The first-order valence-electron chi connectivity index (χ1n) is 6.89. The second-order valence-electron chi connectivity index (χ2n) is 4.65. The van der Waals surface area contributed by atoms with Gasteiger partial charge in [-0.25, -0.2) is 4.98 Å². The van der Waals surface area contributed by atoms with E-state index >= 15 is 0 Å². The molecule has 0 bridgehead atoms. The number of nitriles is 1. The van der Waals surface area contributed by atoms with Crippen molar-refractivity contribution in [3.8, 4) is 11.8 Å². The Morgan fingerprint density at radius 3 is 2.75 bits per heavy atom. The van der Waals surface area contributed by atoms with Crippen molar-refractivity contribution in [2.24, 2.45) is 0 Å². The Morgan fingerprint density at radius 2 is 2.05 bits per heavy atom. The zero-order valence-corrected chi connectivity index (χ0v) is 11.7. The number of benzene rings is 1. The van der Waals surface area contributed by atoms with Crippen LogP contribution >= 0.6 is 0 Å². The van der Waals surface area contributed by atoms with Crippen LogP contribution in [0.25, 0.3) is 0 Å². The van der Waals surface area contributed by atoms with Crippen LogP contribution in [0, 0.1) is 11.3 Å². The summed E-state index contributed by atoms with van der Waals surface area (Å²) >= 11 is 0. The molecule has 1 aromatic heterocycles. The van der Waals surface area contributed by atoms with Gasteiger partial charge in [-0.1, -0.05) is 43.7 Å². The van der Waals surface area contributed by atoms with Gasteiger partial charge < -0.3 is 4.74 Å². The Balaban J connectivity index is 2.17. The molecule has 0 atom stereocenters. The van der Waals surface area contributed by atoms with Crippen molar-refractivity contribution < 1.29 is 4.74 Å². The van der Waals surface area contributed by atoms with E-state index in [4.69, 9.17) is 10.00 Å². The fraction of sp³-hybridized carbons (Fsp3) is 0.294. The van der Waals surface area contributed by atoms with Gasteiger partial charge >= 0.3 is 0 Å². The standard InChI is InChI=1S/C17H18N2O/c1-2-3-9-20-16-11-15(17(12-18)19-13-16)10-14-7-5-4-6-8-14/h4-8,11,13H,2-3,9-10H2,1H3. The summed E-state index contributed by atoms with van der Waals surface area (Å²) in [4.78, 5) is 4.19. The van der Waals surface area contributed by atoms with Crippen LogP contribution in [0.4, 0.5) is 0 Å². The Kier molecular flexibility index (Phi) is 5.14. The first-order valence-corrected chi connectivity index (χ1v) is 6.89. The van der Waals surface area contributed by atoms with E-state index in [2.05, 4.69) is 18.0 Å². The molecule has 0 N–H and O–H groups in total. The second-order valence-corrected chi connectivity index (χ2v) is 4.65. The summed E-state index contributed by atoms with van der Waals surface area (Å²) in [5, 5.41) is 9.15. The highest BCUT2D eigenvalue weighted by Crippen LogP contribution is 2.18. The van der Waals surface area contributed by atoms with E-state index in [9.17, 15) is 0 Å². The minimum Gasteiger partial charge on any atom is -0.492 e. The number of rotatable bonds is 6. The maximum atomic E-state index is 9.15. The number of aromatic nitrogens is 1. The summed E-state index contributed by atoms with van der Waals surface area (Å²) in [6, 6.07) is 14.1. The first kappa shape index (κ1) is 14.1. The molecule has 0 aliphatic heterocycles. The molecule has 0 saturated carbocycles. The van der Waals surface area contributed by atoms with Gasteiger partial charge in [-0.2, -0.15) is 5.26 Å². The zero-order chi connectivity index (χ0) is 14.2. The molecular formula is C17H18N2O. The first-order chi connectivity index (χ1) is 9.83. The fourth-order valence-corrected chi connectivity index (χ4v) is 1.95. The fourth-order valence-electron chi connectivity index (χ4n) is 1.95. The SMILES string of the molecule is CCCCOc1cnc(C#N)c(Cc2ccccc2)c1. The lowest BCUT2D eigenvalue weighted by molar-refractivity contribution is 0.308. The number of nitrogens with zero attached hydrogens (tertiary/aromatic N) is 2. The lowest BCUT2D eigenvalue weighted by Gasteiger charge is -2.08. The van der Waals surface area contributed by atoms with Crippen LogP contribution in [0.2, 0.25) is 0 Å². The molecule has 0 saturated heterocycles. The van der Waals surface area contributed by atoms with Crippen molar-refractivity contribution >= 4 is 0 Å². The highest BCUT2D eigenvalue weighted by Gasteiger charge is 2.07. The number of hydrogen-bond donors (Lipinski definition) is 0. The zero-order valence-electron chi connectivity index (χ0n) is 11.7. The maximum absolute atomic E-state index is 9.15. The molecule has 3 heteroatoms. The molecule has 1 aromatic carbocycles. The van der Waals surface area contributed by atoms with E-state index < -0.39 is 0 Å². The quantitative estimate of drug-likeness (QED) is 0.748. The molecule has 0 spiro atoms. The summed E-state index contributed by atoms with van der Waals surface area (Å²) in [5.41, 5.74) is 2.54. The molecule has 20 heavy (non-hydrogen) atoms. The van der Waals surface area contributed by atoms with Gasteiger partial charge in [-0.15, -0.1) is 0 Å². The Bertz CT molecular complexity index is 588. The third kappa shape index (κ3) is 3.83. The summed E-state index contributed by atoms with van der Waals surface area (Å²) in [6.45, 7) is 2.82. The molecule has 2 rings (SSSR count). The molecule has 0 amide bonds. The topological polar surface area (TPSA) is 45.9 Å². The summed E-state index contributed by atoms with van der Waals surface area (Å²) in [7, 11) is 0. The van der Waals surface area contributed by atoms with Gasteiger partial charge in [0.15, 0.2) is 0 Å². The van der Waals surface area contributed by atoms with Crippen LogP contribution in [-0.4, -0.2) is 11.6 Å². The smallest absolute Gasteiger partial charge is 0.144 e. The molecule has 0 radical (unpaired) electrons. The van der Waals surface area contributed by atoms with E-state index in [-0.39, 0.29) is 0 Å². The number of unbranched alkanes of at least 4 members (excludes halogenated alkanes) is 1. The van der Waals surface area contributed by atoms with Crippen LogP contribution in [0.5, 0.6) is 5.75 Å². The predicted octanol–water partition coefficient (Wildman–Crippen LogP) is 3.72.